The maximum atomic E-state index is 11.9. The molecule has 1 aromatic heterocycles. The van der Waals surface area contributed by atoms with Crippen LogP contribution in [0.2, 0.25) is 0 Å². The number of carbonyl (C=O) groups excluding carboxylic acids is 1. The van der Waals surface area contributed by atoms with Crippen LogP contribution in [0.15, 0.2) is 36.1 Å². The minimum absolute atomic E-state index is 0.0358. The molecule has 0 atom stereocenters. The highest BCUT2D eigenvalue weighted by atomic mass is 16.6. The van der Waals surface area contributed by atoms with Gasteiger partial charge in [0.15, 0.2) is 0 Å². The highest BCUT2D eigenvalue weighted by Crippen LogP contribution is 2.31. The summed E-state index contributed by atoms with van der Waals surface area (Å²) in [5.41, 5.74) is 1.38. The number of ether oxygens (including phenoxy) is 2. The van der Waals surface area contributed by atoms with Gasteiger partial charge in [-0.25, -0.2) is 14.6 Å². The fraction of sp³-hybridized carbons (Fsp3) is 0.235. The molecule has 0 aliphatic carbocycles. The van der Waals surface area contributed by atoms with Gasteiger partial charge in [0.2, 0.25) is 5.76 Å². The molecule has 1 aliphatic heterocycles. The number of carboxylic acid groups (broad SMARTS) is 1. The van der Waals surface area contributed by atoms with E-state index in [0.29, 0.717) is 24.3 Å². The van der Waals surface area contributed by atoms with Crippen LogP contribution in [0.5, 0.6) is 5.75 Å². The molecule has 0 radical (unpaired) electrons. The van der Waals surface area contributed by atoms with Crippen LogP contribution < -0.4 is 4.74 Å². The Balaban J connectivity index is 1.91. The summed E-state index contributed by atoms with van der Waals surface area (Å²) in [5, 5.41) is 9.84. The topological polar surface area (TPSA) is 85.7 Å². The summed E-state index contributed by atoms with van der Waals surface area (Å²) in [4.78, 5) is 27.0. The number of fused-ring (bicyclic) bond motifs is 2. The van der Waals surface area contributed by atoms with E-state index in [-0.39, 0.29) is 11.5 Å². The van der Waals surface area contributed by atoms with E-state index in [4.69, 9.17) is 14.6 Å². The van der Waals surface area contributed by atoms with Crippen molar-refractivity contribution in [2.45, 2.75) is 19.8 Å². The first-order valence-corrected chi connectivity index (χ1v) is 7.30. The van der Waals surface area contributed by atoms with Gasteiger partial charge in [0, 0.05) is 11.5 Å². The highest BCUT2D eigenvalue weighted by molar-refractivity contribution is 5.91. The van der Waals surface area contributed by atoms with Crippen molar-refractivity contribution < 1.29 is 24.2 Å². The SMILES string of the molecule is CCCOC(=O)C1=CCc2cc3ccc(C(=O)O)nc3cc2O1. The molecule has 118 valence electrons. The predicted octanol–water partition coefficient (Wildman–Crippen LogP) is 2.71. The summed E-state index contributed by atoms with van der Waals surface area (Å²) in [6.45, 7) is 2.25. The van der Waals surface area contributed by atoms with Crippen LogP contribution in [0.3, 0.4) is 0 Å². The van der Waals surface area contributed by atoms with Crippen LogP contribution in [-0.2, 0) is 16.0 Å². The number of rotatable bonds is 4. The molecule has 0 amide bonds. The number of allylic oxidation sites excluding steroid dienone is 1. The number of carboxylic acids is 1. The number of aromatic carboxylic acids is 1. The third-order valence-corrected chi connectivity index (χ3v) is 3.46. The molecule has 1 aromatic carbocycles. The van der Waals surface area contributed by atoms with E-state index < -0.39 is 11.9 Å². The third kappa shape index (κ3) is 3.01. The van der Waals surface area contributed by atoms with Crippen molar-refractivity contribution >= 4 is 22.8 Å². The smallest absolute Gasteiger partial charge is 0.373 e. The molecule has 1 N–H and O–H groups in total. The molecule has 3 rings (SSSR count). The molecule has 1 aliphatic rings. The molecule has 0 saturated carbocycles. The quantitative estimate of drug-likeness (QED) is 0.873. The number of aromatic nitrogens is 1. The van der Waals surface area contributed by atoms with E-state index in [0.717, 1.165) is 17.4 Å². The van der Waals surface area contributed by atoms with Crippen LogP contribution in [0.25, 0.3) is 10.9 Å². The van der Waals surface area contributed by atoms with Gasteiger partial charge in [0.25, 0.3) is 0 Å². The van der Waals surface area contributed by atoms with E-state index in [9.17, 15) is 9.59 Å². The van der Waals surface area contributed by atoms with Gasteiger partial charge in [-0.1, -0.05) is 13.0 Å². The zero-order valence-electron chi connectivity index (χ0n) is 12.5. The van der Waals surface area contributed by atoms with Crippen LogP contribution in [0, 0.1) is 0 Å². The largest absolute Gasteiger partial charge is 0.477 e. The third-order valence-electron chi connectivity index (χ3n) is 3.46. The van der Waals surface area contributed by atoms with Gasteiger partial charge in [0.05, 0.1) is 12.1 Å². The number of esters is 1. The fourth-order valence-corrected chi connectivity index (χ4v) is 2.33. The molecule has 0 fully saturated rings. The van der Waals surface area contributed by atoms with Crippen molar-refractivity contribution in [2.75, 3.05) is 6.61 Å². The number of hydrogen-bond donors (Lipinski definition) is 1. The second-order valence-electron chi connectivity index (χ2n) is 5.16. The van der Waals surface area contributed by atoms with Crippen LogP contribution in [0.4, 0.5) is 0 Å². The van der Waals surface area contributed by atoms with Gasteiger partial charge in [-0.15, -0.1) is 0 Å². The normalized spacial score (nSPS) is 13.0. The molecule has 0 saturated heterocycles. The van der Waals surface area contributed by atoms with Crippen LogP contribution >= 0.6 is 0 Å². The Hall–Kier alpha value is -2.89. The van der Waals surface area contributed by atoms with Gasteiger partial charge in [0.1, 0.15) is 11.4 Å². The van der Waals surface area contributed by atoms with Gasteiger partial charge in [-0.05, 0) is 36.6 Å². The van der Waals surface area contributed by atoms with E-state index in [2.05, 4.69) is 4.98 Å². The number of benzene rings is 1. The summed E-state index contributed by atoms with van der Waals surface area (Å²) in [7, 11) is 0. The zero-order valence-corrected chi connectivity index (χ0v) is 12.5. The zero-order chi connectivity index (χ0) is 16.4. The Morgan fingerprint density at radius 1 is 1.35 bits per heavy atom. The first-order chi connectivity index (χ1) is 11.1. The maximum Gasteiger partial charge on any atom is 0.373 e. The van der Waals surface area contributed by atoms with Crippen LogP contribution in [-0.4, -0.2) is 28.6 Å². The average molecular weight is 313 g/mol. The molecule has 2 heterocycles. The molecule has 2 aromatic rings. The Morgan fingerprint density at radius 3 is 2.91 bits per heavy atom. The summed E-state index contributed by atoms with van der Waals surface area (Å²) in [6, 6.07) is 6.70. The first kappa shape index (κ1) is 15.0. The van der Waals surface area contributed by atoms with Crippen LogP contribution in [0.1, 0.15) is 29.4 Å². The van der Waals surface area contributed by atoms with E-state index in [1.54, 1.807) is 18.2 Å². The Morgan fingerprint density at radius 2 is 2.17 bits per heavy atom. The predicted molar refractivity (Wildman–Crippen MR) is 82.4 cm³/mol. The van der Waals surface area contributed by atoms with Gasteiger partial charge < -0.3 is 14.6 Å². The standard InChI is InChI=1S/C17H15NO5/c1-2-7-22-17(21)14-6-4-11-8-10-3-5-12(16(19)20)18-13(10)9-15(11)23-14/h3,5-6,8-9H,2,4,7H2,1H3,(H,19,20). The lowest BCUT2D eigenvalue weighted by molar-refractivity contribution is -0.141. The average Bonchev–Trinajstić information content (AvgIpc) is 2.56. The highest BCUT2D eigenvalue weighted by Gasteiger charge is 2.20. The number of pyridine rings is 1. The number of nitrogens with zero attached hydrogens (tertiary/aromatic N) is 1. The molecule has 6 heteroatoms. The van der Waals surface area contributed by atoms with Gasteiger partial charge in [-0.3, -0.25) is 0 Å². The van der Waals surface area contributed by atoms with E-state index >= 15 is 0 Å². The Kier molecular flexibility index (Phi) is 3.97. The molecule has 0 unspecified atom stereocenters. The molecule has 0 bridgehead atoms. The van der Waals surface area contributed by atoms with Crippen molar-refractivity contribution in [1.82, 2.24) is 4.98 Å². The van der Waals surface area contributed by atoms with Crippen molar-refractivity contribution in [3.05, 3.63) is 47.4 Å². The Labute approximate surface area is 132 Å². The molecular formula is C17H15NO5. The van der Waals surface area contributed by atoms with Crippen molar-refractivity contribution in [1.29, 1.82) is 0 Å². The summed E-state index contributed by atoms with van der Waals surface area (Å²) < 4.78 is 10.7. The second kappa shape index (κ2) is 6.08. The summed E-state index contributed by atoms with van der Waals surface area (Å²) >= 11 is 0. The lowest BCUT2D eigenvalue weighted by atomic mass is 10.0. The number of carbonyl (C=O) groups is 2. The summed E-state index contributed by atoms with van der Waals surface area (Å²) in [6.07, 6.45) is 2.97. The van der Waals surface area contributed by atoms with Crippen molar-refractivity contribution in [2.24, 2.45) is 0 Å². The maximum absolute atomic E-state index is 11.9. The lowest BCUT2D eigenvalue weighted by Crippen LogP contribution is -2.17. The van der Waals surface area contributed by atoms with Crippen molar-refractivity contribution in [3.8, 4) is 5.75 Å². The first-order valence-electron chi connectivity index (χ1n) is 7.30. The van der Waals surface area contributed by atoms with Gasteiger partial charge in [-0.2, -0.15) is 0 Å². The summed E-state index contributed by atoms with van der Waals surface area (Å²) in [5.74, 6) is -0.933. The minimum atomic E-state index is -1.09. The number of hydrogen-bond acceptors (Lipinski definition) is 5. The fourth-order valence-electron chi connectivity index (χ4n) is 2.33. The molecular weight excluding hydrogens is 298 g/mol. The van der Waals surface area contributed by atoms with E-state index in [1.807, 2.05) is 13.0 Å². The monoisotopic (exact) mass is 313 g/mol. The van der Waals surface area contributed by atoms with Gasteiger partial charge >= 0.3 is 11.9 Å². The van der Waals surface area contributed by atoms with Crippen molar-refractivity contribution in [3.63, 3.8) is 0 Å². The Bertz CT molecular complexity index is 825. The molecule has 6 nitrogen and oxygen atoms in total. The molecule has 23 heavy (non-hydrogen) atoms. The lowest BCUT2D eigenvalue weighted by Gasteiger charge is -2.18. The minimum Gasteiger partial charge on any atom is -0.477 e. The van der Waals surface area contributed by atoms with E-state index in [1.165, 1.54) is 6.07 Å². The molecule has 0 spiro atoms. The second-order valence-corrected chi connectivity index (χ2v) is 5.16.